The lowest BCUT2D eigenvalue weighted by molar-refractivity contribution is -0.107. The quantitative estimate of drug-likeness (QED) is 0.715. The van der Waals surface area contributed by atoms with Gasteiger partial charge in [-0.2, -0.15) is 0 Å². The summed E-state index contributed by atoms with van der Waals surface area (Å²) in [4.78, 5) is 10.4. The van der Waals surface area contributed by atoms with Gasteiger partial charge in [-0.1, -0.05) is 0 Å². The lowest BCUT2D eigenvalue weighted by atomic mass is 10.1. The summed E-state index contributed by atoms with van der Waals surface area (Å²) in [5.41, 5.74) is 0.288. The molecule has 0 amide bonds. The molecule has 0 N–H and O–H groups in total. The summed E-state index contributed by atoms with van der Waals surface area (Å²) in [6.45, 7) is 0. The summed E-state index contributed by atoms with van der Waals surface area (Å²) in [5.74, 6) is 0.231. The first-order valence-corrected chi connectivity index (χ1v) is 5.10. The van der Waals surface area contributed by atoms with Crippen LogP contribution in [0.4, 0.5) is 4.39 Å². The number of hydrogen-bond acceptors (Lipinski definition) is 4. The zero-order chi connectivity index (χ0) is 12.8. The van der Waals surface area contributed by atoms with Gasteiger partial charge in [0, 0.05) is 18.1 Å². The highest BCUT2D eigenvalue weighted by Gasteiger charge is 2.19. The molecule has 17 heavy (non-hydrogen) atoms. The zero-order valence-electron chi connectivity index (χ0n) is 10.1. The van der Waals surface area contributed by atoms with Crippen LogP contribution in [0.3, 0.4) is 0 Å². The first kappa shape index (κ1) is 13.3. The highest BCUT2D eigenvalue weighted by molar-refractivity contribution is 5.56. The van der Waals surface area contributed by atoms with E-state index in [0.29, 0.717) is 11.5 Å². The van der Waals surface area contributed by atoms with Gasteiger partial charge in [-0.25, -0.2) is 4.39 Å². The maximum Gasteiger partial charge on any atom is 0.172 e. The van der Waals surface area contributed by atoms with Crippen molar-refractivity contribution in [1.82, 2.24) is 0 Å². The molecule has 0 aliphatic heterocycles. The smallest absolute Gasteiger partial charge is 0.172 e. The van der Waals surface area contributed by atoms with Crippen LogP contribution < -0.4 is 14.2 Å². The highest BCUT2D eigenvalue weighted by atomic mass is 19.1. The minimum absolute atomic E-state index is 0.0727. The predicted octanol–water partition coefficient (Wildman–Crippen LogP) is 1.98. The van der Waals surface area contributed by atoms with Crippen LogP contribution in [0, 0.1) is 5.82 Å². The molecule has 0 bridgehead atoms. The van der Waals surface area contributed by atoms with Crippen molar-refractivity contribution in [3.63, 3.8) is 0 Å². The number of hydrogen-bond donors (Lipinski definition) is 0. The fraction of sp³-hybridized carbons (Fsp3) is 0.417. The van der Waals surface area contributed by atoms with Gasteiger partial charge < -0.3 is 19.0 Å². The number of halogens is 1. The van der Waals surface area contributed by atoms with E-state index in [-0.39, 0.29) is 24.2 Å². The topological polar surface area (TPSA) is 44.8 Å². The lowest BCUT2D eigenvalue weighted by Gasteiger charge is -2.15. The Labute approximate surface area is 99.3 Å². The first-order chi connectivity index (χ1) is 8.19. The molecular weight excluding hydrogens is 227 g/mol. The predicted molar refractivity (Wildman–Crippen MR) is 60.4 cm³/mol. The van der Waals surface area contributed by atoms with Gasteiger partial charge in [0.15, 0.2) is 23.1 Å². The van der Waals surface area contributed by atoms with Gasteiger partial charge in [0.25, 0.3) is 0 Å². The third kappa shape index (κ3) is 2.67. The van der Waals surface area contributed by atoms with Crippen LogP contribution in [0.25, 0.3) is 0 Å². The summed E-state index contributed by atoms with van der Waals surface area (Å²) < 4.78 is 29.1. The number of methoxy groups -OCH3 is 3. The van der Waals surface area contributed by atoms with Gasteiger partial charge in [0.05, 0.1) is 21.3 Å². The van der Waals surface area contributed by atoms with Gasteiger partial charge in [0.1, 0.15) is 6.29 Å². The van der Waals surface area contributed by atoms with Crippen LogP contribution in [0.5, 0.6) is 17.2 Å². The zero-order valence-corrected chi connectivity index (χ0v) is 10.1. The first-order valence-electron chi connectivity index (χ1n) is 5.10. The monoisotopic (exact) mass is 242 g/mol. The van der Waals surface area contributed by atoms with Crippen molar-refractivity contribution < 1.29 is 23.4 Å². The third-order valence-electron chi connectivity index (χ3n) is 2.40. The average Bonchev–Trinajstić information content (AvgIpc) is 2.36. The van der Waals surface area contributed by atoms with Crippen molar-refractivity contribution in [1.29, 1.82) is 0 Å². The molecule has 0 spiro atoms. The van der Waals surface area contributed by atoms with Crippen molar-refractivity contribution in [3.05, 3.63) is 17.4 Å². The fourth-order valence-corrected chi connectivity index (χ4v) is 1.60. The van der Waals surface area contributed by atoms with Crippen LogP contribution in [-0.4, -0.2) is 27.6 Å². The number of rotatable bonds is 6. The number of benzene rings is 1. The molecule has 94 valence electrons. The van der Waals surface area contributed by atoms with E-state index in [2.05, 4.69) is 0 Å². The fourth-order valence-electron chi connectivity index (χ4n) is 1.60. The molecule has 0 aliphatic carbocycles. The molecule has 5 heteroatoms. The van der Waals surface area contributed by atoms with Gasteiger partial charge in [-0.15, -0.1) is 0 Å². The van der Waals surface area contributed by atoms with Crippen LogP contribution in [-0.2, 0) is 11.2 Å². The molecule has 1 aromatic rings. The highest BCUT2D eigenvalue weighted by Crippen LogP contribution is 2.38. The molecule has 0 unspecified atom stereocenters. The lowest BCUT2D eigenvalue weighted by Crippen LogP contribution is -2.02. The molecule has 0 heterocycles. The van der Waals surface area contributed by atoms with E-state index in [1.165, 1.54) is 27.4 Å². The van der Waals surface area contributed by atoms with Crippen molar-refractivity contribution in [2.75, 3.05) is 21.3 Å². The Hall–Kier alpha value is -1.78. The largest absolute Gasteiger partial charge is 0.494 e. The molecule has 0 fully saturated rings. The number of carbonyl (C=O) groups is 1. The van der Waals surface area contributed by atoms with Crippen LogP contribution in [0.2, 0.25) is 0 Å². The maximum absolute atomic E-state index is 14.0. The van der Waals surface area contributed by atoms with Crippen LogP contribution in [0.1, 0.15) is 12.0 Å². The molecule has 0 aromatic heterocycles. The number of carbonyl (C=O) groups excluding carboxylic acids is 1. The van der Waals surface area contributed by atoms with E-state index in [1.807, 2.05) is 0 Å². The summed E-state index contributed by atoms with van der Waals surface area (Å²) in [5, 5.41) is 0. The molecule has 1 rings (SSSR count). The second-order valence-electron chi connectivity index (χ2n) is 3.31. The Kier molecular flexibility index (Phi) is 4.75. The summed E-state index contributed by atoms with van der Waals surface area (Å²) in [6.07, 6.45) is 1.18. The Morgan fingerprint density at radius 3 is 2.29 bits per heavy atom. The van der Waals surface area contributed by atoms with E-state index in [1.54, 1.807) is 0 Å². The minimum atomic E-state index is -0.521. The molecular formula is C12H15FO4. The van der Waals surface area contributed by atoms with Gasteiger partial charge in [0.2, 0.25) is 0 Å². The van der Waals surface area contributed by atoms with Crippen molar-refractivity contribution in [2.45, 2.75) is 12.8 Å². The van der Waals surface area contributed by atoms with Crippen LogP contribution in [0.15, 0.2) is 6.07 Å². The van der Waals surface area contributed by atoms with Gasteiger partial charge in [-0.05, 0) is 6.42 Å². The molecule has 0 atom stereocenters. The molecule has 4 nitrogen and oxygen atoms in total. The Morgan fingerprint density at radius 2 is 1.82 bits per heavy atom. The summed E-state index contributed by atoms with van der Waals surface area (Å²) in [7, 11) is 4.25. The van der Waals surface area contributed by atoms with Crippen molar-refractivity contribution in [2.24, 2.45) is 0 Å². The van der Waals surface area contributed by atoms with E-state index >= 15 is 0 Å². The second kappa shape index (κ2) is 6.08. The van der Waals surface area contributed by atoms with E-state index in [4.69, 9.17) is 14.2 Å². The summed E-state index contributed by atoms with van der Waals surface area (Å²) >= 11 is 0. The van der Waals surface area contributed by atoms with E-state index in [0.717, 1.165) is 6.29 Å². The van der Waals surface area contributed by atoms with Crippen molar-refractivity contribution in [3.8, 4) is 17.2 Å². The second-order valence-corrected chi connectivity index (χ2v) is 3.31. The molecule has 0 saturated carbocycles. The summed E-state index contributed by atoms with van der Waals surface area (Å²) in [6, 6.07) is 1.42. The van der Waals surface area contributed by atoms with E-state index < -0.39 is 5.82 Å². The molecule has 0 aliphatic rings. The SMILES string of the molecule is COc1cc(OC)c(OC)c(CCC=O)c1F. The Bertz CT molecular complexity index is 404. The molecule has 0 saturated heterocycles. The van der Waals surface area contributed by atoms with E-state index in [9.17, 15) is 9.18 Å². The Balaban J connectivity index is 3.33. The minimum Gasteiger partial charge on any atom is -0.494 e. The van der Waals surface area contributed by atoms with Gasteiger partial charge >= 0.3 is 0 Å². The maximum atomic E-state index is 14.0. The normalized spacial score (nSPS) is 9.88. The van der Waals surface area contributed by atoms with Crippen LogP contribution >= 0.6 is 0 Å². The third-order valence-corrected chi connectivity index (χ3v) is 2.40. The number of ether oxygens (including phenoxy) is 3. The Morgan fingerprint density at radius 1 is 1.18 bits per heavy atom. The van der Waals surface area contributed by atoms with Crippen molar-refractivity contribution >= 4 is 6.29 Å². The number of aldehydes is 1. The average molecular weight is 242 g/mol. The van der Waals surface area contributed by atoms with Gasteiger partial charge in [-0.3, -0.25) is 0 Å². The molecule has 0 radical (unpaired) electrons. The standard InChI is InChI=1S/C12H15FO4/c1-15-9-7-10(16-2)12(17-3)8(11(9)13)5-4-6-14/h6-7H,4-5H2,1-3H3. The molecule has 1 aromatic carbocycles.